The summed E-state index contributed by atoms with van der Waals surface area (Å²) in [5.74, 6) is 0.630. The molecule has 4 heteroatoms. The molecule has 1 heterocycles. The van der Waals surface area contributed by atoms with Gasteiger partial charge in [0.25, 0.3) is 5.91 Å². The number of amides is 1. The molecule has 4 nitrogen and oxygen atoms in total. The van der Waals surface area contributed by atoms with Gasteiger partial charge in [0.1, 0.15) is 11.9 Å². The predicted octanol–water partition coefficient (Wildman–Crippen LogP) is 2.63. The lowest BCUT2D eigenvalue weighted by Crippen LogP contribution is -2.57. The van der Waals surface area contributed by atoms with Crippen LogP contribution in [-0.4, -0.2) is 35.1 Å². The Labute approximate surface area is 136 Å². The maximum atomic E-state index is 12.3. The average molecular weight is 311 g/mol. The van der Waals surface area contributed by atoms with E-state index in [1.807, 2.05) is 50.2 Å². The number of carbonyl (C=O) groups excluding carboxylic acids is 1. The van der Waals surface area contributed by atoms with E-state index < -0.39 is 6.10 Å². The number of benzene rings is 2. The number of hydrogen-bond donors (Lipinski definition) is 1. The van der Waals surface area contributed by atoms with E-state index in [4.69, 9.17) is 4.74 Å². The number of nitrogens with zero attached hydrogens (tertiary/aromatic N) is 1. The molecule has 0 aromatic heterocycles. The molecule has 3 rings (SSSR count). The van der Waals surface area contributed by atoms with Crippen LogP contribution in [0.2, 0.25) is 0 Å². The van der Waals surface area contributed by atoms with Crippen molar-refractivity contribution >= 4 is 5.91 Å². The third-order valence-corrected chi connectivity index (χ3v) is 4.20. The zero-order valence-corrected chi connectivity index (χ0v) is 13.4. The van der Waals surface area contributed by atoms with Gasteiger partial charge in [0.15, 0.2) is 6.10 Å². The van der Waals surface area contributed by atoms with E-state index >= 15 is 0 Å². The van der Waals surface area contributed by atoms with E-state index in [1.165, 1.54) is 0 Å². The molecule has 1 N–H and O–H groups in total. The van der Waals surface area contributed by atoms with Gasteiger partial charge < -0.3 is 14.7 Å². The number of para-hydroxylation sites is 1. The van der Waals surface area contributed by atoms with Gasteiger partial charge in [-0.1, -0.05) is 48.5 Å². The molecule has 0 unspecified atom stereocenters. The standard InChI is InChI=1S/C19H21NO3/c1-13-7-6-8-14(2)18(13)23-16-11-20(12-16)19(22)17(21)15-9-4-3-5-10-15/h3-10,16-17,21H,11-12H2,1-2H3/t17-/m0/s1. The third kappa shape index (κ3) is 3.22. The van der Waals surface area contributed by atoms with Crippen LogP contribution >= 0.6 is 0 Å². The van der Waals surface area contributed by atoms with Crippen LogP contribution in [0.4, 0.5) is 0 Å². The maximum absolute atomic E-state index is 12.3. The number of carbonyl (C=O) groups is 1. The SMILES string of the molecule is Cc1cccc(C)c1OC1CN(C(=O)[C@@H](O)c2ccccc2)C1. The number of aliphatic hydroxyl groups is 1. The van der Waals surface area contributed by atoms with Crippen LogP contribution in [0, 0.1) is 13.8 Å². The van der Waals surface area contributed by atoms with Crippen molar-refractivity contribution in [2.24, 2.45) is 0 Å². The second-order valence-electron chi connectivity index (χ2n) is 6.02. The van der Waals surface area contributed by atoms with Crippen molar-refractivity contribution in [3.05, 3.63) is 65.2 Å². The highest BCUT2D eigenvalue weighted by atomic mass is 16.5. The number of hydrogen-bond acceptors (Lipinski definition) is 3. The van der Waals surface area contributed by atoms with Crippen molar-refractivity contribution in [1.29, 1.82) is 0 Å². The Balaban J connectivity index is 1.58. The lowest BCUT2D eigenvalue weighted by Gasteiger charge is -2.40. The minimum Gasteiger partial charge on any atom is -0.486 e. The van der Waals surface area contributed by atoms with E-state index in [-0.39, 0.29) is 12.0 Å². The summed E-state index contributed by atoms with van der Waals surface area (Å²) < 4.78 is 6.00. The average Bonchev–Trinajstić information content (AvgIpc) is 2.52. The number of rotatable bonds is 4. The number of aliphatic hydroxyl groups excluding tert-OH is 1. The van der Waals surface area contributed by atoms with Crippen LogP contribution in [0.25, 0.3) is 0 Å². The monoisotopic (exact) mass is 311 g/mol. The molecule has 0 saturated carbocycles. The highest BCUT2D eigenvalue weighted by Crippen LogP contribution is 2.27. The predicted molar refractivity (Wildman–Crippen MR) is 88.3 cm³/mol. The Morgan fingerprint density at radius 2 is 1.70 bits per heavy atom. The van der Waals surface area contributed by atoms with Crippen LogP contribution in [-0.2, 0) is 4.79 Å². The van der Waals surface area contributed by atoms with Gasteiger partial charge in [0.2, 0.25) is 0 Å². The Kier molecular flexibility index (Phi) is 4.35. The first-order valence-corrected chi connectivity index (χ1v) is 7.81. The molecule has 1 saturated heterocycles. The van der Waals surface area contributed by atoms with Crippen LogP contribution < -0.4 is 4.74 Å². The molecule has 0 bridgehead atoms. The van der Waals surface area contributed by atoms with Crippen molar-refractivity contribution in [3.8, 4) is 5.75 Å². The first kappa shape index (κ1) is 15.6. The highest BCUT2D eigenvalue weighted by molar-refractivity contribution is 5.82. The molecule has 0 aliphatic carbocycles. The van der Waals surface area contributed by atoms with Gasteiger partial charge >= 0.3 is 0 Å². The quantitative estimate of drug-likeness (QED) is 0.944. The van der Waals surface area contributed by atoms with Crippen molar-refractivity contribution in [2.45, 2.75) is 26.1 Å². The van der Waals surface area contributed by atoms with Gasteiger partial charge in [-0.2, -0.15) is 0 Å². The largest absolute Gasteiger partial charge is 0.486 e. The Hall–Kier alpha value is -2.33. The molecule has 1 aliphatic heterocycles. The Morgan fingerprint density at radius 1 is 1.09 bits per heavy atom. The molecule has 2 aromatic rings. The van der Waals surface area contributed by atoms with Gasteiger partial charge in [0, 0.05) is 0 Å². The summed E-state index contributed by atoms with van der Waals surface area (Å²) in [6.07, 6.45) is -1.11. The molecule has 1 atom stereocenters. The van der Waals surface area contributed by atoms with E-state index in [0.717, 1.165) is 16.9 Å². The van der Waals surface area contributed by atoms with Crippen molar-refractivity contribution in [2.75, 3.05) is 13.1 Å². The van der Waals surface area contributed by atoms with Crippen LogP contribution in [0.3, 0.4) is 0 Å². The molecule has 23 heavy (non-hydrogen) atoms. The van der Waals surface area contributed by atoms with Gasteiger partial charge in [-0.15, -0.1) is 0 Å². The molecular weight excluding hydrogens is 290 g/mol. The molecule has 0 spiro atoms. The van der Waals surface area contributed by atoms with E-state index in [0.29, 0.717) is 18.7 Å². The summed E-state index contributed by atoms with van der Waals surface area (Å²) in [7, 11) is 0. The summed E-state index contributed by atoms with van der Waals surface area (Å²) in [5, 5.41) is 10.2. The fourth-order valence-electron chi connectivity index (χ4n) is 2.80. The lowest BCUT2D eigenvalue weighted by atomic mass is 10.0. The minimum atomic E-state index is -1.10. The fourth-order valence-corrected chi connectivity index (χ4v) is 2.80. The molecule has 120 valence electrons. The van der Waals surface area contributed by atoms with Crippen molar-refractivity contribution in [3.63, 3.8) is 0 Å². The Morgan fingerprint density at radius 3 is 2.30 bits per heavy atom. The molecule has 1 aliphatic rings. The van der Waals surface area contributed by atoms with Crippen molar-refractivity contribution < 1.29 is 14.6 Å². The van der Waals surface area contributed by atoms with E-state index in [9.17, 15) is 9.90 Å². The van der Waals surface area contributed by atoms with Gasteiger partial charge in [0.05, 0.1) is 13.1 Å². The summed E-state index contributed by atoms with van der Waals surface area (Å²) in [6, 6.07) is 15.0. The van der Waals surface area contributed by atoms with Gasteiger partial charge in [-0.05, 0) is 30.5 Å². The zero-order chi connectivity index (χ0) is 16.4. The smallest absolute Gasteiger partial charge is 0.256 e. The second kappa shape index (κ2) is 6.42. The van der Waals surface area contributed by atoms with Crippen LogP contribution in [0.15, 0.2) is 48.5 Å². The summed E-state index contributed by atoms with van der Waals surface area (Å²) in [4.78, 5) is 13.9. The normalized spacial score (nSPS) is 15.9. The second-order valence-corrected chi connectivity index (χ2v) is 6.02. The molecule has 1 fully saturated rings. The molecule has 0 radical (unpaired) electrons. The lowest BCUT2D eigenvalue weighted by molar-refractivity contribution is -0.149. The number of likely N-dealkylation sites (tertiary alicyclic amines) is 1. The first-order chi connectivity index (χ1) is 11.1. The highest BCUT2D eigenvalue weighted by Gasteiger charge is 2.36. The topological polar surface area (TPSA) is 49.8 Å². The third-order valence-electron chi connectivity index (χ3n) is 4.20. The fraction of sp³-hybridized carbons (Fsp3) is 0.316. The van der Waals surface area contributed by atoms with Gasteiger partial charge in [-0.3, -0.25) is 4.79 Å². The van der Waals surface area contributed by atoms with E-state index in [2.05, 4.69) is 0 Å². The Bertz CT molecular complexity index is 673. The van der Waals surface area contributed by atoms with Crippen LogP contribution in [0.5, 0.6) is 5.75 Å². The first-order valence-electron chi connectivity index (χ1n) is 7.81. The summed E-state index contributed by atoms with van der Waals surface area (Å²) in [6.45, 7) is 5.05. The van der Waals surface area contributed by atoms with Crippen LogP contribution in [0.1, 0.15) is 22.8 Å². The summed E-state index contributed by atoms with van der Waals surface area (Å²) in [5.41, 5.74) is 2.81. The molecular formula is C19H21NO3. The number of aryl methyl sites for hydroxylation is 2. The zero-order valence-electron chi connectivity index (χ0n) is 13.4. The van der Waals surface area contributed by atoms with E-state index in [1.54, 1.807) is 17.0 Å². The molecule has 1 amide bonds. The minimum absolute atomic E-state index is 0.0123. The summed E-state index contributed by atoms with van der Waals surface area (Å²) >= 11 is 0. The number of ether oxygens (including phenoxy) is 1. The van der Waals surface area contributed by atoms with Gasteiger partial charge in [-0.25, -0.2) is 0 Å². The maximum Gasteiger partial charge on any atom is 0.256 e. The van der Waals surface area contributed by atoms with Crippen molar-refractivity contribution in [1.82, 2.24) is 4.90 Å². The molecule has 2 aromatic carbocycles.